The van der Waals surface area contributed by atoms with Gasteiger partial charge in [-0.05, 0) is 29.8 Å². The first-order valence-corrected chi connectivity index (χ1v) is 7.66. The van der Waals surface area contributed by atoms with Crippen LogP contribution in [0, 0.1) is 11.6 Å². The van der Waals surface area contributed by atoms with Crippen LogP contribution >= 0.6 is 11.6 Å². The summed E-state index contributed by atoms with van der Waals surface area (Å²) in [7, 11) is 0. The highest BCUT2D eigenvalue weighted by atomic mass is 35.5. The molecule has 0 atom stereocenters. The van der Waals surface area contributed by atoms with Gasteiger partial charge in [0.15, 0.2) is 11.6 Å². The Balaban J connectivity index is 1.65. The largest absolute Gasteiger partial charge is 0.459 e. The number of nitrogens with zero attached hydrogens (tertiary/aromatic N) is 2. The van der Waals surface area contributed by atoms with Crippen LogP contribution in [0.15, 0.2) is 54.7 Å². The molecule has 2 N–H and O–H groups in total. The summed E-state index contributed by atoms with van der Waals surface area (Å²) in [4.78, 5) is 7.72. The molecule has 25 heavy (non-hydrogen) atoms. The fourth-order valence-electron chi connectivity index (χ4n) is 1.93. The highest BCUT2D eigenvalue weighted by Crippen LogP contribution is 2.21. The van der Waals surface area contributed by atoms with Gasteiger partial charge in [0.1, 0.15) is 12.4 Å². The van der Waals surface area contributed by atoms with E-state index in [0.29, 0.717) is 10.7 Å². The number of anilines is 2. The highest BCUT2D eigenvalue weighted by molar-refractivity contribution is 6.33. The molecule has 0 fully saturated rings. The number of hydrogen-bond donors (Lipinski definition) is 2. The van der Waals surface area contributed by atoms with E-state index in [1.165, 1.54) is 12.1 Å². The molecule has 0 radical (unpaired) electrons. The number of halogens is 3. The molecule has 0 bridgehead atoms. The van der Waals surface area contributed by atoms with E-state index in [0.717, 1.165) is 11.8 Å². The van der Waals surface area contributed by atoms with Gasteiger partial charge in [0.2, 0.25) is 0 Å². The average molecular weight is 363 g/mol. The lowest BCUT2D eigenvalue weighted by Gasteiger charge is -2.12. The van der Waals surface area contributed by atoms with Crippen LogP contribution in [0.2, 0.25) is 5.02 Å². The van der Waals surface area contributed by atoms with Gasteiger partial charge in [-0.25, -0.2) is 13.8 Å². The molecule has 128 valence electrons. The summed E-state index contributed by atoms with van der Waals surface area (Å²) in [5.74, 6) is -1.09. The lowest BCUT2D eigenvalue weighted by Crippen LogP contribution is -2.13. The summed E-state index contributed by atoms with van der Waals surface area (Å²) in [6, 6.07) is 12.8. The van der Waals surface area contributed by atoms with Gasteiger partial charge in [0.25, 0.3) is 0 Å². The number of benzene rings is 2. The van der Waals surface area contributed by atoms with Crippen LogP contribution in [0.5, 0.6) is 6.01 Å². The SMILES string of the molecule is Fc1ccc(COc2ncc(F)c(NNc3ccccc3Cl)n2)cc1. The van der Waals surface area contributed by atoms with Gasteiger partial charge in [-0.3, -0.25) is 10.9 Å². The molecule has 0 aliphatic rings. The summed E-state index contributed by atoms with van der Waals surface area (Å²) in [5.41, 5.74) is 6.69. The third-order valence-electron chi connectivity index (χ3n) is 3.19. The van der Waals surface area contributed by atoms with Crippen LogP contribution in [0.1, 0.15) is 5.56 Å². The second-order valence-corrected chi connectivity index (χ2v) is 5.40. The summed E-state index contributed by atoms with van der Waals surface area (Å²) in [6.07, 6.45) is 0.990. The third kappa shape index (κ3) is 4.54. The van der Waals surface area contributed by atoms with Crippen molar-refractivity contribution >= 4 is 23.1 Å². The van der Waals surface area contributed by atoms with Gasteiger partial charge < -0.3 is 4.74 Å². The molecular weight excluding hydrogens is 350 g/mol. The van der Waals surface area contributed by atoms with Crippen molar-refractivity contribution in [2.24, 2.45) is 0 Å². The highest BCUT2D eigenvalue weighted by Gasteiger charge is 2.09. The molecule has 0 spiro atoms. The molecule has 8 heteroatoms. The number of rotatable bonds is 6. The van der Waals surface area contributed by atoms with Gasteiger partial charge >= 0.3 is 6.01 Å². The van der Waals surface area contributed by atoms with Gasteiger partial charge in [0, 0.05) is 0 Å². The van der Waals surface area contributed by atoms with Crippen molar-refractivity contribution < 1.29 is 13.5 Å². The number of nitrogens with one attached hydrogen (secondary N) is 2. The van der Waals surface area contributed by atoms with Crippen molar-refractivity contribution in [3.8, 4) is 6.01 Å². The van der Waals surface area contributed by atoms with Crippen molar-refractivity contribution in [1.29, 1.82) is 0 Å². The summed E-state index contributed by atoms with van der Waals surface area (Å²) < 4.78 is 32.1. The quantitative estimate of drug-likeness (QED) is 0.635. The molecular formula is C17H13ClF2N4O. The minimum atomic E-state index is -0.659. The van der Waals surface area contributed by atoms with E-state index in [2.05, 4.69) is 20.8 Å². The smallest absolute Gasteiger partial charge is 0.318 e. The Morgan fingerprint density at radius 3 is 2.52 bits per heavy atom. The Morgan fingerprint density at radius 2 is 1.76 bits per heavy atom. The van der Waals surface area contributed by atoms with Gasteiger partial charge in [-0.15, -0.1) is 0 Å². The maximum absolute atomic E-state index is 13.8. The Kier molecular flexibility index (Phi) is 5.25. The molecule has 2 aromatic carbocycles. The first-order valence-electron chi connectivity index (χ1n) is 7.28. The van der Waals surface area contributed by atoms with Crippen molar-refractivity contribution in [3.63, 3.8) is 0 Å². The van der Waals surface area contributed by atoms with E-state index in [-0.39, 0.29) is 24.3 Å². The molecule has 0 aliphatic carbocycles. The van der Waals surface area contributed by atoms with Crippen molar-refractivity contribution in [2.45, 2.75) is 6.61 Å². The van der Waals surface area contributed by atoms with E-state index in [9.17, 15) is 8.78 Å². The predicted octanol–water partition coefficient (Wildman–Crippen LogP) is 4.43. The molecule has 3 aromatic rings. The molecule has 3 rings (SSSR count). The van der Waals surface area contributed by atoms with E-state index in [4.69, 9.17) is 16.3 Å². The second-order valence-electron chi connectivity index (χ2n) is 4.99. The minimum absolute atomic E-state index is 0.0193. The fourth-order valence-corrected chi connectivity index (χ4v) is 2.11. The first kappa shape index (κ1) is 16.9. The average Bonchev–Trinajstić information content (AvgIpc) is 2.62. The zero-order valence-electron chi connectivity index (χ0n) is 12.8. The van der Waals surface area contributed by atoms with E-state index >= 15 is 0 Å². The van der Waals surface area contributed by atoms with Crippen LogP contribution < -0.4 is 15.6 Å². The van der Waals surface area contributed by atoms with E-state index in [1.54, 1.807) is 36.4 Å². The molecule has 0 saturated heterocycles. The molecule has 0 aliphatic heterocycles. The Morgan fingerprint density at radius 1 is 1.00 bits per heavy atom. The Bertz CT molecular complexity index is 862. The third-order valence-corrected chi connectivity index (χ3v) is 3.52. The molecule has 0 saturated carbocycles. The predicted molar refractivity (Wildman–Crippen MR) is 91.4 cm³/mol. The van der Waals surface area contributed by atoms with Crippen LogP contribution in [0.25, 0.3) is 0 Å². The van der Waals surface area contributed by atoms with Crippen molar-refractivity contribution in [3.05, 3.63) is 76.9 Å². The number of ether oxygens (including phenoxy) is 1. The fraction of sp³-hybridized carbons (Fsp3) is 0.0588. The van der Waals surface area contributed by atoms with Gasteiger partial charge in [-0.2, -0.15) is 4.98 Å². The van der Waals surface area contributed by atoms with Crippen LogP contribution in [-0.2, 0) is 6.61 Å². The van der Waals surface area contributed by atoms with Crippen LogP contribution in [0.3, 0.4) is 0 Å². The summed E-state index contributed by atoms with van der Waals surface area (Å²) >= 11 is 6.01. The summed E-state index contributed by atoms with van der Waals surface area (Å²) in [6.45, 7) is 0.128. The number of hydrogen-bond acceptors (Lipinski definition) is 5. The van der Waals surface area contributed by atoms with E-state index < -0.39 is 5.82 Å². The topological polar surface area (TPSA) is 59.1 Å². The van der Waals surface area contributed by atoms with Gasteiger partial charge in [-0.1, -0.05) is 35.9 Å². The van der Waals surface area contributed by atoms with E-state index in [1.807, 2.05) is 0 Å². The standard InChI is InChI=1S/C17H13ClF2N4O/c18-13-3-1-2-4-15(13)23-24-16-14(20)9-21-17(22-16)25-10-11-5-7-12(19)8-6-11/h1-9,23H,10H2,(H,21,22,24). The normalized spacial score (nSPS) is 10.4. The van der Waals surface area contributed by atoms with Crippen LogP contribution in [0.4, 0.5) is 20.3 Å². The number of para-hydroxylation sites is 1. The molecule has 0 amide bonds. The van der Waals surface area contributed by atoms with Crippen molar-refractivity contribution in [1.82, 2.24) is 9.97 Å². The molecule has 5 nitrogen and oxygen atoms in total. The van der Waals surface area contributed by atoms with Crippen LogP contribution in [-0.4, -0.2) is 9.97 Å². The molecule has 1 aromatic heterocycles. The Hall–Kier alpha value is -2.93. The zero-order chi connectivity index (χ0) is 17.6. The van der Waals surface area contributed by atoms with Crippen molar-refractivity contribution in [2.75, 3.05) is 10.9 Å². The maximum atomic E-state index is 13.8. The minimum Gasteiger partial charge on any atom is -0.459 e. The summed E-state index contributed by atoms with van der Waals surface area (Å²) in [5, 5.41) is 0.470. The number of aromatic nitrogens is 2. The second kappa shape index (κ2) is 7.76. The number of hydrazine groups is 1. The first-order chi connectivity index (χ1) is 12.1. The van der Waals surface area contributed by atoms with Gasteiger partial charge in [0.05, 0.1) is 16.9 Å². The monoisotopic (exact) mass is 362 g/mol. The Labute approximate surface area is 147 Å². The zero-order valence-corrected chi connectivity index (χ0v) is 13.6. The molecule has 0 unspecified atom stereocenters. The maximum Gasteiger partial charge on any atom is 0.318 e. The molecule has 1 heterocycles. The lowest BCUT2D eigenvalue weighted by molar-refractivity contribution is 0.279. The lowest BCUT2D eigenvalue weighted by atomic mass is 10.2.